The number of H-pyrrole nitrogens is 1. The van der Waals surface area contributed by atoms with Gasteiger partial charge in [0.1, 0.15) is 5.75 Å². The van der Waals surface area contributed by atoms with Crippen LogP contribution in [0.1, 0.15) is 19.4 Å². The van der Waals surface area contributed by atoms with Gasteiger partial charge in [0, 0.05) is 12.4 Å². The van der Waals surface area contributed by atoms with Crippen molar-refractivity contribution in [2.75, 3.05) is 17.2 Å². The number of imidazole rings is 1. The molecule has 8 nitrogen and oxygen atoms in total. The molecule has 2 aromatic heterocycles. The Hall–Kier alpha value is -2.85. The Morgan fingerprint density at radius 2 is 2.03 bits per heavy atom. The van der Waals surface area contributed by atoms with Crippen LogP contribution in [0.25, 0.3) is 0 Å². The number of rotatable bonds is 7. The third-order valence-electron chi connectivity index (χ3n) is 3.54. The van der Waals surface area contributed by atoms with Gasteiger partial charge in [0.2, 0.25) is 0 Å². The Labute approximate surface area is 176 Å². The van der Waals surface area contributed by atoms with Gasteiger partial charge in [-0.15, -0.1) is 0 Å². The molecule has 0 fully saturated rings. The maximum Gasteiger partial charge on any atom is 0.315 e. The van der Waals surface area contributed by atoms with E-state index < -0.39 is 11.8 Å². The van der Waals surface area contributed by atoms with Crippen molar-refractivity contribution >= 4 is 45.7 Å². The van der Waals surface area contributed by atoms with Crippen molar-refractivity contribution in [3.8, 4) is 5.75 Å². The summed E-state index contributed by atoms with van der Waals surface area (Å²) in [4.78, 5) is 35.8. The maximum absolute atomic E-state index is 12.3. The molecule has 0 aliphatic carbocycles. The highest BCUT2D eigenvalue weighted by Crippen LogP contribution is 2.32. The van der Waals surface area contributed by atoms with Gasteiger partial charge in [-0.3, -0.25) is 14.9 Å². The molecule has 0 saturated carbocycles. The lowest BCUT2D eigenvalue weighted by molar-refractivity contribution is -0.133. The van der Waals surface area contributed by atoms with Crippen LogP contribution in [-0.4, -0.2) is 33.4 Å². The summed E-state index contributed by atoms with van der Waals surface area (Å²) < 4.78 is 6.60. The molecule has 2 amide bonds. The van der Waals surface area contributed by atoms with Crippen molar-refractivity contribution in [3.63, 3.8) is 0 Å². The van der Waals surface area contributed by atoms with E-state index in [1.807, 2.05) is 32.9 Å². The molecule has 3 N–H and O–H groups in total. The Balaban J connectivity index is 1.61. The summed E-state index contributed by atoms with van der Waals surface area (Å²) >= 11 is 2.64. The molecule has 0 spiro atoms. The van der Waals surface area contributed by atoms with Crippen molar-refractivity contribution in [2.24, 2.45) is 5.92 Å². The summed E-state index contributed by atoms with van der Waals surface area (Å²) in [5, 5.41) is 6.17. The first-order valence-corrected chi connectivity index (χ1v) is 10.5. The SMILES string of the molecule is Cc1ccc(NC(=O)C(=O)Nc2ncc(Sc3ncc[nH]3)s2)c(OCC(C)C)c1. The van der Waals surface area contributed by atoms with Gasteiger partial charge in [0.15, 0.2) is 10.3 Å². The minimum absolute atomic E-state index is 0.333. The van der Waals surface area contributed by atoms with Crippen LogP contribution in [0.2, 0.25) is 0 Å². The fourth-order valence-corrected chi connectivity index (χ4v) is 3.93. The van der Waals surface area contributed by atoms with Gasteiger partial charge >= 0.3 is 11.8 Å². The molecular weight excluding hydrogens is 410 g/mol. The predicted molar refractivity (Wildman–Crippen MR) is 114 cm³/mol. The molecule has 0 saturated heterocycles. The van der Waals surface area contributed by atoms with Crippen LogP contribution in [-0.2, 0) is 9.59 Å². The highest BCUT2D eigenvalue weighted by Gasteiger charge is 2.18. The zero-order valence-electron chi connectivity index (χ0n) is 16.2. The number of carbonyl (C=O) groups excluding carboxylic acids is 2. The first-order chi connectivity index (χ1) is 13.9. The minimum Gasteiger partial charge on any atom is -0.491 e. The van der Waals surface area contributed by atoms with Crippen molar-refractivity contribution in [3.05, 3.63) is 42.4 Å². The number of carbonyl (C=O) groups is 2. The van der Waals surface area contributed by atoms with E-state index in [1.165, 1.54) is 23.1 Å². The van der Waals surface area contributed by atoms with Crippen LogP contribution in [0.3, 0.4) is 0 Å². The smallest absolute Gasteiger partial charge is 0.315 e. The lowest BCUT2D eigenvalue weighted by Crippen LogP contribution is -2.29. The van der Waals surface area contributed by atoms with Crippen LogP contribution >= 0.6 is 23.1 Å². The number of aryl methyl sites for hydroxylation is 1. The first kappa shape index (κ1) is 20.9. The second kappa shape index (κ2) is 9.57. The van der Waals surface area contributed by atoms with Crippen molar-refractivity contribution < 1.29 is 14.3 Å². The highest BCUT2D eigenvalue weighted by atomic mass is 32.2. The second-order valence-electron chi connectivity index (χ2n) is 6.59. The van der Waals surface area contributed by atoms with Crippen molar-refractivity contribution in [2.45, 2.75) is 30.1 Å². The molecule has 3 aromatic rings. The van der Waals surface area contributed by atoms with E-state index >= 15 is 0 Å². The van der Waals surface area contributed by atoms with Gasteiger partial charge in [0.25, 0.3) is 0 Å². The topological polar surface area (TPSA) is 109 Å². The molecule has 3 rings (SSSR count). The maximum atomic E-state index is 12.3. The normalized spacial score (nSPS) is 10.8. The summed E-state index contributed by atoms with van der Waals surface area (Å²) in [6, 6.07) is 5.39. The molecule has 0 unspecified atom stereocenters. The molecule has 152 valence electrons. The van der Waals surface area contributed by atoms with E-state index in [9.17, 15) is 9.59 Å². The zero-order chi connectivity index (χ0) is 20.8. The summed E-state index contributed by atoms with van der Waals surface area (Å²) in [6.07, 6.45) is 4.99. The third-order valence-corrected chi connectivity index (χ3v) is 5.47. The first-order valence-electron chi connectivity index (χ1n) is 8.89. The highest BCUT2D eigenvalue weighted by molar-refractivity contribution is 8.01. The quantitative estimate of drug-likeness (QED) is 0.489. The third kappa shape index (κ3) is 6.06. The Morgan fingerprint density at radius 1 is 1.24 bits per heavy atom. The van der Waals surface area contributed by atoms with Crippen molar-refractivity contribution in [1.82, 2.24) is 15.0 Å². The number of amides is 2. The number of hydrogen-bond acceptors (Lipinski definition) is 7. The monoisotopic (exact) mass is 431 g/mol. The van der Waals surface area contributed by atoms with Gasteiger partial charge in [-0.25, -0.2) is 9.97 Å². The molecule has 0 radical (unpaired) electrons. The standard InChI is InChI=1S/C19H21N5O3S2/c1-11(2)10-27-14-8-12(3)4-5-13(14)23-16(25)17(26)24-19-22-9-15(29-19)28-18-20-6-7-21-18/h4-9,11H,10H2,1-3H3,(H,20,21)(H,23,25)(H,22,24,26). The molecule has 10 heteroatoms. The van der Waals surface area contributed by atoms with E-state index in [4.69, 9.17) is 4.74 Å². The van der Waals surface area contributed by atoms with Gasteiger partial charge in [-0.05, 0) is 42.3 Å². The average molecular weight is 432 g/mol. The lowest BCUT2D eigenvalue weighted by Gasteiger charge is -2.14. The number of nitrogens with one attached hydrogen (secondary N) is 3. The van der Waals surface area contributed by atoms with E-state index in [-0.39, 0.29) is 0 Å². The largest absolute Gasteiger partial charge is 0.491 e. The van der Waals surface area contributed by atoms with Crippen LogP contribution in [0.15, 0.2) is 46.2 Å². The van der Waals surface area contributed by atoms with E-state index in [2.05, 4.69) is 25.6 Å². The number of ether oxygens (including phenoxy) is 1. The number of hydrogen-bond donors (Lipinski definition) is 3. The van der Waals surface area contributed by atoms with Gasteiger partial charge < -0.3 is 15.0 Å². The summed E-state index contributed by atoms with van der Waals surface area (Å²) in [7, 11) is 0. The average Bonchev–Trinajstić information content (AvgIpc) is 3.34. The van der Waals surface area contributed by atoms with Crippen LogP contribution in [0.5, 0.6) is 5.75 Å². The molecule has 0 bridgehead atoms. The van der Waals surface area contributed by atoms with Gasteiger partial charge in [0.05, 0.1) is 22.7 Å². The minimum atomic E-state index is -0.802. The van der Waals surface area contributed by atoms with Crippen LogP contribution in [0, 0.1) is 12.8 Å². The number of anilines is 2. The van der Waals surface area contributed by atoms with Crippen molar-refractivity contribution in [1.29, 1.82) is 0 Å². The predicted octanol–water partition coefficient (Wildman–Crippen LogP) is 3.94. The number of aromatic amines is 1. The molecule has 0 aliphatic rings. The van der Waals surface area contributed by atoms with E-state index in [0.29, 0.717) is 29.1 Å². The zero-order valence-corrected chi connectivity index (χ0v) is 17.8. The van der Waals surface area contributed by atoms with Gasteiger partial charge in [-0.1, -0.05) is 31.3 Å². The molecule has 0 aliphatic heterocycles. The Bertz CT molecular complexity index is 986. The summed E-state index contributed by atoms with van der Waals surface area (Å²) in [5.41, 5.74) is 1.44. The van der Waals surface area contributed by atoms with Crippen LogP contribution in [0.4, 0.5) is 10.8 Å². The molecule has 0 atom stereocenters. The molecule has 1 aromatic carbocycles. The Kier molecular flexibility index (Phi) is 6.89. The van der Waals surface area contributed by atoms with Crippen LogP contribution < -0.4 is 15.4 Å². The number of nitrogens with zero attached hydrogens (tertiary/aromatic N) is 2. The molecule has 2 heterocycles. The van der Waals surface area contributed by atoms with Gasteiger partial charge in [-0.2, -0.15) is 0 Å². The molecular formula is C19H21N5O3S2. The number of thiazole rings is 1. The molecule has 29 heavy (non-hydrogen) atoms. The summed E-state index contributed by atoms with van der Waals surface area (Å²) in [6.45, 7) is 6.51. The summed E-state index contributed by atoms with van der Waals surface area (Å²) in [5.74, 6) is -0.727. The van der Waals surface area contributed by atoms with E-state index in [0.717, 1.165) is 14.9 Å². The van der Waals surface area contributed by atoms with E-state index in [1.54, 1.807) is 24.7 Å². The number of benzene rings is 1. The lowest BCUT2D eigenvalue weighted by atomic mass is 10.2. The fraction of sp³-hybridized carbons (Fsp3) is 0.263. The second-order valence-corrected chi connectivity index (χ2v) is 8.91. The fourth-order valence-electron chi connectivity index (χ4n) is 2.21. The number of aromatic nitrogens is 3. The Morgan fingerprint density at radius 3 is 2.76 bits per heavy atom.